The Morgan fingerprint density at radius 3 is 2.45 bits per heavy atom. The maximum atomic E-state index is 9.33. The molecule has 2 atom stereocenters. The largest absolute Gasteiger partial charge is 0.396 e. The fourth-order valence-electron chi connectivity index (χ4n) is 4.95. The van der Waals surface area contributed by atoms with Crippen LogP contribution < -0.4 is 15.5 Å². The van der Waals surface area contributed by atoms with Gasteiger partial charge < -0.3 is 20.6 Å². The second-order valence-electron chi connectivity index (χ2n) is 9.33. The van der Waals surface area contributed by atoms with Crippen molar-refractivity contribution in [2.45, 2.75) is 70.6 Å². The van der Waals surface area contributed by atoms with E-state index >= 15 is 0 Å². The van der Waals surface area contributed by atoms with Gasteiger partial charge in [0.25, 0.3) is 0 Å². The van der Waals surface area contributed by atoms with E-state index in [1.807, 2.05) is 0 Å². The lowest BCUT2D eigenvalue weighted by Crippen LogP contribution is -2.44. The molecule has 7 heteroatoms. The number of hydrogen-bond acceptors (Lipinski definition) is 4. The summed E-state index contributed by atoms with van der Waals surface area (Å²) in [6, 6.07) is 10.8. The molecule has 3 N–H and O–H groups in total. The molecule has 0 radical (unpaired) electrons. The lowest BCUT2D eigenvalue weighted by atomic mass is 9.97. The van der Waals surface area contributed by atoms with E-state index in [4.69, 9.17) is 4.99 Å². The number of aliphatic hydroxyl groups is 1. The average molecular weight is 542 g/mol. The van der Waals surface area contributed by atoms with Crippen molar-refractivity contribution in [3.8, 4) is 0 Å². The molecular weight excluding hydrogens is 501 g/mol. The van der Waals surface area contributed by atoms with Gasteiger partial charge in [-0.1, -0.05) is 12.1 Å². The van der Waals surface area contributed by atoms with Gasteiger partial charge in [0.15, 0.2) is 5.96 Å². The first-order valence-electron chi connectivity index (χ1n) is 11.9. The first-order chi connectivity index (χ1) is 14.7. The van der Waals surface area contributed by atoms with Crippen molar-refractivity contribution in [2.75, 3.05) is 37.7 Å². The molecule has 2 aliphatic heterocycles. The number of halogens is 1. The predicted octanol–water partition coefficient (Wildman–Crippen LogP) is 3.19. The summed E-state index contributed by atoms with van der Waals surface area (Å²) < 4.78 is 0. The Morgan fingerprint density at radius 2 is 1.84 bits per heavy atom. The number of anilines is 1. The highest BCUT2D eigenvalue weighted by molar-refractivity contribution is 14.0. The zero-order chi connectivity index (χ0) is 20.9. The third-order valence-electron chi connectivity index (χ3n) is 6.92. The summed E-state index contributed by atoms with van der Waals surface area (Å²) in [5.74, 6) is 1.41. The minimum Gasteiger partial charge on any atom is -0.396 e. The smallest absolute Gasteiger partial charge is 0.191 e. The minimum absolute atomic E-state index is 0. The van der Waals surface area contributed by atoms with E-state index in [2.05, 4.69) is 58.5 Å². The number of nitrogens with one attached hydrogen (secondary N) is 2. The number of rotatable bonds is 7. The molecule has 2 saturated heterocycles. The van der Waals surface area contributed by atoms with Crippen molar-refractivity contribution in [2.24, 2.45) is 10.9 Å². The van der Waals surface area contributed by atoms with Gasteiger partial charge in [-0.3, -0.25) is 4.90 Å². The van der Waals surface area contributed by atoms with Crippen LogP contribution in [0.25, 0.3) is 0 Å². The second-order valence-corrected chi connectivity index (χ2v) is 9.33. The number of benzene rings is 1. The fraction of sp³-hybridized carbons (Fsp3) is 0.708. The fourth-order valence-corrected chi connectivity index (χ4v) is 4.95. The van der Waals surface area contributed by atoms with E-state index in [0.29, 0.717) is 31.2 Å². The molecule has 1 aliphatic carbocycles. The van der Waals surface area contributed by atoms with Gasteiger partial charge in [-0.05, 0) is 69.6 Å². The van der Waals surface area contributed by atoms with Crippen molar-refractivity contribution in [1.82, 2.24) is 15.5 Å². The molecule has 1 aromatic rings. The lowest BCUT2D eigenvalue weighted by molar-refractivity contribution is 0.203. The highest BCUT2D eigenvalue weighted by atomic mass is 127. The third-order valence-corrected chi connectivity index (χ3v) is 6.92. The summed E-state index contributed by atoms with van der Waals surface area (Å²) in [5, 5.41) is 16.4. The Balaban J connectivity index is 0.00000272. The van der Waals surface area contributed by atoms with E-state index in [0.717, 1.165) is 51.0 Å². The third kappa shape index (κ3) is 6.71. The molecule has 0 aromatic heterocycles. The van der Waals surface area contributed by atoms with Crippen LogP contribution in [0.4, 0.5) is 5.69 Å². The molecule has 0 spiro atoms. The summed E-state index contributed by atoms with van der Waals surface area (Å²) in [6.45, 7) is 9.59. The summed E-state index contributed by atoms with van der Waals surface area (Å²) in [4.78, 5) is 9.95. The Morgan fingerprint density at radius 1 is 1.13 bits per heavy atom. The molecule has 2 unspecified atom stereocenters. The van der Waals surface area contributed by atoms with Gasteiger partial charge in [-0.25, -0.2) is 4.99 Å². The number of aliphatic imine (C=N–C) groups is 1. The zero-order valence-electron chi connectivity index (χ0n) is 19.1. The summed E-state index contributed by atoms with van der Waals surface area (Å²) in [5.41, 5.74) is 2.52. The number of nitrogens with zero attached hydrogens (tertiary/aromatic N) is 3. The van der Waals surface area contributed by atoms with Crippen LogP contribution in [-0.4, -0.2) is 66.9 Å². The van der Waals surface area contributed by atoms with E-state index in [-0.39, 0.29) is 24.0 Å². The Kier molecular flexibility index (Phi) is 9.28. The molecule has 2 heterocycles. The highest BCUT2D eigenvalue weighted by Crippen LogP contribution is 2.33. The average Bonchev–Trinajstić information content (AvgIpc) is 3.55. The molecule has 4 rings (SSSR count). The first-order valence-corrected chi connectivity index (χ1v) is 11.9. The lowest BCUT2D eigenvalue weighted by Gasteiger charge is -2.32. The molecule has 0 amide bonds. The normalized spacial score (nSPS) is 25.4. The SMILES string of the molecule is CCNC(=NCc1ccc(N2CCC(CO)CC2)cc1)NC1CC(C)N(C2CC2)C1.I. The molecule has 0 bridgehead atoms. The van der Waals surface area contributed by atoms with Crippen LogP contribution in [0.3, 0.4) is 0 Å². The zero-order valence-corrected chi connectivity index (χ0v) is 21.4. The van der Waals surface area contributed by atoms with E-state index < -0.39 is 0 Å². The van der Waals surface area contributed by atoms with Crippen LogP contribution >= 0.6 is 24.0 Å². The molecular formula is C24H40IN5O. The van der Waals surface area contributed by atoms with Crippen LogP contribution in [-0.2, 0) is 6.54 Å². The summed E-state index contributed by atoms with van der Waals surface area (Å²) in [7, 11) is 0. The Hall–Kier alpha value is -1.06. The monoisotopic (exact) mass is 541 g/mol. The quantitative estimate of drug-likeness (QED) is 0.281. The first kappa shape index (κ1) is 24.6. The molecule has 1 saturated carbocycles. The molecule has 3 fully saturated rings. The van der Waals surface area contributed by atoms with Gasteiger partial charge in [0.2, 0.25) is 0 Å². The van der Waals surface area contributed by atoms with Crippen LogP contribution in [0.5, 0.6) is 0 Å². The van der Waals surface area contributed by atoms with Crippen LogP contribution in [0.1, 0.15) is 51.5 Å². The van der Waals surface area contributed by atoms with E-state index in [9.17, 15) is 5.11 Å². The van der Waals surface area contributed by atoms with Crippen LogP contribution in [0.15, 0.2) is 29.3 Å². The maximum Gasteiger partial charge on any atom is 0.191 e. The number of aliphatic hydroxyl groups excluding tert-OH is 1. The van der Waals surface area contributed by atoms with E-state index in [1.54, 1.807) is 0 Å². The summed E-state index contributed by atoms with van der Waals surface area (Å²) >= 11 is 0. The second kappa shape index (κ2) is 11.7. The molecule has 174 valence electrons. The number of piperidine rings is 1. The van der Waals surface area contributed by atoms with Crippen molar-refractivity contribution < 1.29 is 5.11 Å². The van der Waals surface area contributed by atoms with Gasteiger partial charge in [0.05, 0.1) is 6.54 Å². The number of likely N-dealkylation sites (tertiary alicyclic amines) is 1. The minimum atomic E-state index is 0. The van der Waals surface area contributed by atoms with Gasteiger partial charge >= 0.3 is 0 Å². The molecule has 1 aromatic carbocycles. The maximum absolute atomic E-state index is 9.33. The van der Waals surface area contributed by atoms with Crippen molar-refractivity contribution in [3.63, 3.8) is 0 Å². The molecule has 3 aliphatic rings. The van der Waals surface area contributed by atoms with Crippen LogP contribution in [0.2, 0.25) is 0 Å². The highest BCUT2D eigenvalue weighted by Gasteiger charge is 2.38. The Bertz CT molecular complexity index is 700. The van der Waals surface area contributed by atoms with Crippen molar-refractivity contribution in [3.05, 3.63) is 29.8 Å². The molecule has 6 nitrogen and oxygen atoms in total. The molecule has 31 heavy (non-hydrogen) atoms. The number of guanidine groups is 1. The Labute approximate surface area is 204 Å². The van der Waals surface area contributed by atoms with Crippen molar-refractivity contribution in [1.29, 1.82) is 0 Å². The van der Waals surface area contributed by atoms with Gasteiger partial charge in [-0.2, -0.15) is 0 Å². The summed E-state index contributed by atoms with van der Waals surface area (Å²) in [6.07, 6.45) is 6.11. The van der Waals surface area contributed by atoms with Crippen LogP contribution in [0, 0.1) is 5.92 Å². The van der Waals surface area contributed by atoms with Gasteiger partial charge in [0.1, 0.15) is 0 Å². The predicted molar refractivity (Wildman–Crippen MR) is 139 cm³/mol. The van der Waals surface area contributed by atoms with Gasteiger partial charge in [0, 0.05) is 56.6 Å². The van der Waals surface area contributed by atoms with Gasteiger partial charge in [-0.15, -0.1) is 24.0 Å². The number of hydrogen-bond donors (Lipinski definition) is 3. The van der Waals surface area contributed by atoms with E-state index in [1.165, 1.54) is 30.5 Å². The standard InChI is InChI=1S/C24H39N5O.HI/c1-3-25-24(27-21-14-18(2)29(16-21)23-8-9-23)26-15-19-4-6-22(7-5-19)28-12-10-20(17-30)11-13-28;/h4-7,18,20-21,23,30H,3,8-17H2,1-2H3,(H2,25,26,27);1H. The topological polar surface area (TPSA) is 63.1 Å². The van der Waals surface area contributed by atoms with Crippen molar-refractivity contribution >= 4 is 35.6 Å².